The second-order valence-electron chi connectivity index (χ2n) is 8.76. The third-order valence-corrected chi connectivity index (χ3v) is 6.89. The van der Waals surface area contributed by atoms with E-state index in [1.165, 1.54) is 16.7 Å². The minimum Gasteiger partial charge on any atom is -0.456 e. The minimum atomic E-state index is 0.250. The van der Waals surface area contributed by atoms with Gasteiger partial charge in [-0.25, -0.2) is 0 Å². The van der Waals surface area contributed by atoms with Crippen LogP contribution in [0.15, 0.2) is 123 Å². The van der Waals surface area contributed by atoms with E-state index in [-0.39, 0.29) is 11.8 Å². The Morgan fingerprint density at radius 1 is 0.697 bits per heavy atom. The molecule has 0 saturated carbocycles. The molecule has 0 fully saturated rings. The van der Waals surface area contributed by atoms with Gasteiger partial charge in [-0.1, -0.05) is 60.7 Å². The van der Waals surface area contributed by atoms with Gasteiger partial charge in [0.05, 0.1) is 0 Å². The molecule has 158 valence electrons. The molecule has 0 spiro atoms. The van der Waals surface area contributed by atoms with Gasteiger partial charge >= 0.3 is 0 Å². The predicted molar refractivity (Wildman–Crippen MR) is 135 cm³/mol. The number of nitrogens with two attached hydrogens (primary N) is 1. The van der Waals surface area contributed by atoms with Crippen LogP contribution in [0.25, 0.3) is 43.9 Å². The van der Waals surface area contributed by atoms with Crippen LogP contribution in [-0.4, -0.2) is 0 Å². The number of benzene rings is 3. The molecule has 3 heteroatoms. The van der Waals surface area contributed by atoms with Crippen LogP contribution in [0.1, 0.15) is 11.5 Å². The topological polar surface area (TPSA) is 52.3 Å². The smallest absolute Gasteiger partial charge is 0.136 e. The van der Waals surface area contributed by atoms with E-state index in [2.05, 4.69) is 72.9 Å². The maximum atomic E-state index is 6.26. The molecule has 2 bridgehead atoms. The summed E-state index contributed by atoms with van der Waals surface area (Å²) in [5.74, 6) is 0.532. The summed E-state index contributed by atoms with van der Waals surface area (Å²) in [6.45, 7) is 0. The molecular weight excluding hydrogens is 406 g/mol. The van der Waals surface area contributed by atoms with Crippen LogP contribution < -0.4 is 5.73 Å². The Morgan fingerprint density at radius 2 is 1.45 bits per heavy atom. The van der Waals surface area contributed by atoms with Gasteiger partial charge in [-0.05, 0) is 59.3 Å². The molecule has 3 aromatic carbocycles. The molecular formula is C30H21NO2. The summed E-state index contributed by atoms with van der Waals surface area (Å²) in [5, 5.41) is 4.40. The number of furan rings is 2. The van der Waals surface area contributed by atoms with E-state index in [0.29, 0.717) is 0 Å². The Bertz CT molecular complexity index is 1740. The Hall–Kier alpha value is -4.24. The molecule has 2 aliphatic carbocycles. The van der Waals surface area contributed by atoms with Gasteiger partial charge in [-0.2, -0.15) is 0 Å². The van der Waals surface area contributed by atoms with E-state index in [0.717, 1.165) is 43.9 Å². The highest BCUT2D eigenvalue weighted by atomic mass is 16.3. The number of hydrogen-bond donors (Lipinski definition) is 1. The number of fused-ring (bicyclic) bond motifs is 7. The lowest BCUT2D eigenvalue weighted by Gasteiger charge is -2.30. The third kappa shape index (κ3) is 2.76. The molecule has 3 nitrogen and oxygen atoms in total. The van der Waals surface area contributed by atoms with Gasteiger partial charge in [0.1, 0.15) is 22.3 Å². The van der Waals surface area contributed by atoms with Crippen molar-refractivity contribution >= 4 is 43.9 Å². The number of allylic oxidation sites excluding steroid dienone is 9. The first-order valence-corrected chi connectivity index (χ1v) is 11.2. The van der Waals surface area contributed by atoms with Crippen LogP contribution in [0.5, 0.6) is 0 Å². The first-order valence-electron chi connectivity index (χ1n) is 11.2. The molecule has 2 atom stereocenters. The van der Waals surface area contributed by atoms with Gasteiger partial charge in [0.15, 0.2) is 0 Å². The average Bonchev–Trinajstić information content (AvgIpc) is 3.39. The molecule has 2 N–H and O–H groups in total. The van der Waals surface area contributed by atoms with E-state index >= 15 is 0 Å². The Morgan fingerprint density at radius 3 is 2.30 bits per heavy atom. The van der Waals surface area contributed by atoms with Gasteiger partial charge in [0.2, 0.25) is 0 Å². The highest BCUT2D eigenvalue weighted by Gasteiger charge is 2.27. The normalized spacial score (nSPS) is 21.3. The lowest BCUT2D eigenvalue weighted by molar-refractivity contribution is 0.659. The van der Waals surface area contributed by atoms with Crippen molar-refractivity contribution in [2.24, 2.45) is 11.7 Å². The summed E-state index contributed by atoms with van der Waals surface area (Å²) in [4.78, 5) is 0. The van der Waals surface area contributed by atoms with Crippen molar-refractivity contribution in [2.75, 3.05) is 0 Å². The Balaban J connectivity index is 1.39. The van der Waals surface area contributed by atoms with Crippen LogP contribution in [0.2, 0.25) is 0 Å². The van der Waals surface area contributed by atoms with Crippen LogP contribution in [0.3, 0.4) is 0 Å². The quantitative estimate of drug-likeness (QED) is 0.315. The second-order valence-corrected chi connectivity index (χ2v) is 8.76. The van der Waals surface area contributed by atoms with E-state index in [1.807, 2.05) is 24.3 Å². The maximum absolute atomic E-state index is 6.26. The summed E-state index contributed by atoms with van der Waals surface area (Å²) in [6.07, 6.45) is 16.8. The fraction of sp³-hybridized carbons (Fsp3) is 0.0667. The number of para-hydroxylation sites is 1. The fourth-order valence-electron chi connectivity index (χ4n) is 5.29. The zero-order chi connectivity index (χ0) is 21.9. The van der Waals surface area contributed by atoms with Crippen molar-refractivity contribution in [3.8, 4) is 0 Å². The van der Waals surface area contributed by atoms with Crippen molar-refractivity contribution in [1.82, 2.24) is 0 Å². The van der Waals surface area contributed by atoms with Crippen molar-refractivity contribution in [1.29, 1.82) is 0 Å². The lowest BCUT2D eigenvalue weighted by atomic mass is 9.74. The highest BCUT2D eigenvalue weighted by Crippen LogP contribution is 2.42. The number of hydrogen-bond acceptors (Lipinski definition) is 3. The van der Waals surface area contributed by atoms with E-state index in [4.69, 9.17) is 14.6 Å². The van der Waals surface area contributed by atoms with Crippen molar-refractivity contribution in [3.05, 3.63) is 120 Å². The van der Waals surface area contributed by atoms with Crippen LogP contribution >= 0.6 is 0 Å². The predicted octanol–water partition coefficient (Wildman–Crippen LogP) is 7.65. The highest BCUT2D eigenvalue weighted by molar-refractivity contribution is 6.14. The van der Waals surface area contributed by atoms with Crippen LogP contribution in [0, 0.1) is 5.92 Å². The van der Waals surface area contributed by atoms with Crippen LogP contribution in [0.4, 0.5) is 0 Å². The zero-order valence-electron chi connectivity index (χ0n) is 17.9. The van der Waals surface area contributed by atoms with Gasteiger partial charge in [-0.15, -0.1) is 0 Å². The zero-order valence-corrected chi connectivity index (χ0v) is 17.9. The molecule has 33 heavy (non-hydrogen) atoms. The first-order chi connectivity index (χ1) is 16.3. The Kier molecular flexibility index (Phi) is 3.82. The summed E-state index contributed by atoms with van der Waals surface area (Å²) >= 11 is 0. The molecule has 0 aliphatic heterocycles. The van der Waals surface area contributed by atoms with Crippen LogP contribution in [-0.2, 0) is 0 Å². The molecule has 0 amide bonds. The van der Waals surface area contributed by atoms with Gasteiger partial charge < -0.3 is 14.6 Å². The van der Waals surface area contributed by atoms with Gasteiger partial charge in [0.25, 0.3) is 0 Å². The molecule has 2 aliphatic rings. The van der Waals surface area contributed by atoms with E-state index in [9.17, 15) is 0 Å². The standard InChI is InChI=1S/C30H21NO2/c31-13-3-4-19-9-7-18-8-11-21(23(19)14-18)20-10-12-28-24(15-20)26-17-29-25(16-30(26)33-28)22-5-1-2-6-27(22)32-29/h1-17,21,23H,31H2/b13-3-,19-4-. The first kappa shape index (κ1) is 18.3. The number of rotatable bonds is 2. The lowest BCUT2D eigenvalue weighted by Crippen LogP contribution is -2.16. The largest absolute Gasteiger partial charge is 0.456 e. The summed E-state index contributed by atoms with van der Waals surface area (Å²) < 4.78 is 12.4. The minimum absolute atomic E-state index is 0.250. The second kappa shape index (κ2) is 6.88. The fourth-order valence-corrected chi connectivity index (χ4v) is 5.29. The van der Waals surface area contributed by atoms with Crippen molar-refractivity contribution in [3.63, 3.8) is 0 Å². The van der Waals surface area contributed by atoms with Crippen molar-refractivity contribution < 1.29 is 8.83 Å². The monoisotopic (exact) mass is 427 g/mol. The van der Waals surface area contributed by atoms with E-state index < -0.39 is 0 Å². The molecule has 2 heterocycles. The molecule has 2 unspecified atom stereocenters. The van der Waals surface area contributed by atoms with Gasteiger partial charge in [-0.3, -0.25) is 0 Å². The molecule has 7 rings (SSSR count). The maximum Gasteiger partial charge on any atom is 0.136 e. The molecule has 0 radical (unpaired) electrons. The molecule has 2 aromatic heterocycles. The third-order valence-electron chi connectivity index (χ3n) is 6.89. The summed E-state index contributed by atoms with van der Waals surface area (Å²) in [5.41, 5.74) is 12.9. The van der Waals surface area contributed by atoms with E-state index in [1.54, 1.807) is 6.20 Å². The SMILES string of the molecule is N/C=C\C=C1\C=CC2=CC1C(c1ccc3oc4cc5c(cc4c3c1)oc1ccccc15)C=C2. The molecule has 5 aromatic rings. The summed E-state index contributed by atoms with van der Waals surface area (Å²) in [7, 11) is 0. The summed E-state index contributed by atoms with van der Waals surface area (Å²) in [6, 6.07) is 18.9. The Labute approximate surface area is 190 Å². The van der Waals surface area contributed by atoms with Gasteiger partial charge in [0, 0.05) is 33.4 Å². The van der Waals surface area contributed by atoms with Crippen molar-refractivity contribution in [2.45, 2.75) is 5.92 Å². The average molecular weight is 428 g/mol. The molecule has 0 saturated heterocycles.